The molecule has 1 N–H and O–H groups in total. The molecule has 1 fully saturated rings. The third kappa shape index (κ3) is 2.29. The van der Waals surface area contributed by atoms with Crippen LogP contribution in [-0.2, 0) is 6.54 Å². The number of aromatic nitrogens is 3. The highest BCUT2D eigenvalue weighted by atomic mass is 16.2. The van der Waals surface area contributed by atoms with E-state index in [1.165, 1.54) is 0 Å². The molecular formula is C11H15N5O. The van der Waals surface area contributed by atoms with Crippen molar-refractivity contribution in [1.29, 1.82) is 0 Å². The SMILES string of the molecule is C#CCn1nnc(C(=O)N2CCNCC2)c1C. The molecular weight excluding hydrogens is 218 g/mol. The van der Waals surface area contributed by atoms with Gasteiger partial charge in [0.2, 0.25) is 0 Å². The summed E-state index contributed by atoms with van der Waals surface area (Å²) in [6.07, 6.45) is 5.22. The summed E-state index contributed by atoms with van der Waals surface area (Å²) in [7, 11) is 0. The molecule has 6 nitrogen and oxygen atoms in total. The van der Waals surface area contributed by atoms with E-state index >= 15 is 0 Å². The summed E-state index contributed by atoms with van der Waals surface area (Å²) in [6, 6.07) is 0. The van der Waals surface area contributed by atoms with Gasteiger partial charge in [-0.05, 0) is 6.92 Å². The van der Waals surface area contributed by atoms with Crippen LogP contribution in [0, 0.1) is 19.3 Å². The number of hydrogen-bond acceptors (Lipinski definition) is 4. The van der Waals surface area contributed by atoms with Gasteiger partial charge in [-0.15, -0.1) is 11.5 Å². The van der Waals surface area contributed by atoms with Crippen molar-refractivity contribution in [3.63, 3.8) is 0 Å². The molecule has 1 aromatic heterocycles. The molecule has 1 aliphatic heterocycles. The van der Waals surface area contributed by atoms with E-state index < -0.39 is 0 Å². The van der Waals surface area contributed by atoms with Crippen LogP contribution in [0.25, 0.3) is 0 Å². The highest BCUT2D eigenvalue weighted by molar-refractivity contribution is 5.93. The smallest absolute Gasteiger partial charge is 0.276 e. The first kappa shape index (κ1) is 11.6. The van der Waals surface area contributed by atoms with Gasteiger partial charge in [0.05, 0.1) is 5.69 Å². The largest absolute Gasteiger partial charge is 0.335 e. The van der Waals surface area contributed by atoms with Gasteiger partial charge >= 0.3 is 0 Å². The molecule has 1 aliphatic rings. The van der Waals surface area contributed by atoms with Gasteiger partial charge in [-0.2, -0.15) is 0 Å². The lowest BCUT2D eigenvalue weighted by Gasteiger charge is -2.26. The molecule has 0 spiro atoms. The minimum atomic E-state index is -0.0627. The van der Waals surface area contributed by atoms with Crippen molar-refractivity contribution in [3.05, 3.63) is 11.4 Å². The van der Waals surface area contributed by atoms with Gasteiger partial charge < -0.3 is 10.2 Å². The van der Waals surface area contributed by atoms with Crippen molar-refractivity contribution in [1.82, 2.24) is 25.2 Å². The van der Waals surface area contributed by atoms with Crippen LogP contribution < -0.4 is 5.32 Å². The van der Waals surface area contributed by atoms with Crippen molar-refractivity contribution in [2.45, 2.75) is 13.5 Å². The Balaban J connectivity index is 2.16. The Bertz CT molecular complexity index is 453. The Hall–Kier alpha value is -1.87. The molecule has 2 rings (SSSR count). The van der Waals surface area contributed by atoms with E-state index in [1.807, 2.05) is 6.92 Å². The Kier molecular flexibility index (Phi) is 3.40. The maximum Gasteiger partial charge on any atom is 0.276 e. The number of nitrogens with one attached hydrogen (secondary N) is 1. The lowest BCUT2D eigenvalue weighted by molar-refractivity contribution is 0.0729. The zero-order valence-electron chi connectivity index (χ0n) is 9.81. The van der Waals surface area contributed by atoms with E-state index in [0.717, 1.165) is 18.8 Å². The number of rotatable bonds is 2. The van der Waals surface area contributed by atoms with Crippen LogP contribution in [0.5, 0.6) is 0 Å². The third-order valence-corrected chi connectivity index (χ3v) is 2.83. The van der Waals surface area contributed by atoms with E-state index in [-0.39, 0.29) is 5.91 Å². The van der Waals surface area contributed by atoms with E-state index in [9.17, 15) is 4.79 Å². The minimum absolute atomic E-state index is 0.0627. The first-order valence-electron chi connectivity index (χ1n) is 5.57. The predicted molar refractivity (Wildman–Crippen MR) is 62.4 cm³/mol. The highest BCUT2D eigenvalue weighted by Crippen LogP contribution is 2.08. The number of hydrogen-bond donors (Lipinski definition) is 1. The summed E-state index contributed by atoms with van der Waals surface area (Å²) in [5, 5.41) is 11.0. The highest BCUT2D eigenvalue weighted by Gasteiger charge is 2.23. The first-order chi connectivity index (χ1) is 8.24. The van der Waals surface area contributed by atoms with Gasteiger partial charge in [-0.3, -0.25) is 4.79 Å². The average Bonchev–Trinajstić information content (AvgIpc) is 2.72. The first-order valence-corrected chi connectivity index (χ1v) is 5.57. The zero-order valence-corrected chi connectivity index (χ0v) is 9.81. The molecule has 0 aromatic carbocycles. The number of terminal acetylenes is 1. The second kappa shape index (κ2) is 4.97. The normalized spacial score (nSPS) is 15.6. The Morgan fingerprint density at radius 3 is 2.88 bits per heavy atom. The number of amides is 1. The number of carbonyl (C=O) groups is 1. The van der Waals surface area contributed by atoms with Crippen LogP contribution in [0.15, 0.2) is 0 Å². The van der Waals surface area contributed by atoms with Crippen molar-refractivity contribution >= 4 is 5.91 Å². The van der Waals surface area contributed by atoms with Crippen molar-refractivity contribution in [2.75, 3.05) is 26.2 Å². The van der Waals surface area contributed by atoms with Gasteiger partial charge in [0, 0.05) is 26.2 Å². The van der Waals surface area contributed by atoms with Crippen molar-refractivity contribution in [3.8, 4) is 12.3 Å². The molecule has 17 heavy (non-hydrogen) atoms. The van der Waals surface area contributed by atoms with Crippen LogP contribution in [0.1, 0.15) is 16.2 Å². The van der Waals surface area contributed by atoms with Gasteiger partial charge in [-0.1, -0.05) is 11.1 Å². The van der Waals surface area contributed by atoms with Crippen LogP contribution in [0.3, 0.4) is 0 Å². The van der Waals surface area contributed by atoms with E-state index in [2.05, 4.69) is 21.5 Å². The maximum atomic E-state index is 12.2. The average molecular weight is 233 g/mol. The summed E-state index contributed by atoms with van der Waals surface area (Å²) in [5.41, 5.74) is 1.13. The number of nitrogens with zero attached hydrogens (tertiary/aromatic N) is 4. The zero-order chi connectivity index (χ0) is 12.3. The van der Waals surface area contributed by atoms with Gasteiger partial charge in [0.15, 0.2) is 5.69 Å². The molecule has 0 saturated carbocycles. The summed E-state index contributed by atoms with van der Waals surface area (Å²) >= 11 is 0. The quantitative estimate of drug-likeness (QED) is 0.684. The molecule has 1 saturated heterocycles. The lowest BCUT2D eigenvalue weighted by atomic mass is 10.2. The Labute approximate surface area is 100.0 Å². The standard InChI is InChI=1S/C11H15N5O/c1-3-6-16-9(2)10(13-14-16)11(17)15-7-4-12-5-8-15/h1,12H,4-8H2,2H3. The summed E-state index contributed by atoms with van der Waals surface area (Å²) < 4.78 is 1.56. The Morgan fingerprint density at radius 1 is 1.53 bits per heavy atom. The topological polar surface area (TPSA) is 63.1 Å². The summed E-state index contributed by atoms with van der Waals surface area (Å²) in [5.74, 6) is 2.42. The number of carbonyl (C=O) groups excluding carboxylic acids is 1. The van der Waals surface area contributed by atoms with Crippen molar-refractivity contribution < 1.29 is 4.79 Å². The second-order valence-electron chi connectivity index (χ2n) is 3.93. The van der Waals surface area contributed by atoms with E-state index in [0.29, 0.717) is 25.3 Å². The van der Waals surface area contributed by atoms with E-state index in [1.54, 1.807) is 9.58 Å². The molecule has 1 aromatic rings. The van der Waals surface area contributed by atoms with Crippen LogP contribution in [-0.4, -0.2) is 52.0 Å². The molecule has 0 aliphatic carbocycles. The fraction of sp³-hybridized carbons (Fsp3) is 0.545. The van der Waals surface area contributed by atoms with Gasteiger partial charge in [-0.25, -0.2) is 4.68 Å². The van der Waals surface area contributed by atoms with Crippen LogP contribution in [0.4, 0.5) is 0 Å². The summed E-state index contributed by atoms with van der Waals surface area (Å²) in [4.78, 5) is 14.0. The minimum Gasteiger partial charge on any atom is -0.335 e. The van der Waals surface area contributed by atoms with Gasteiger partial charge in [0.1, 0.15) is 6.54 Å². The molecule has 1 amide bonds. The predicted octanol–water partition coefficient (Wildman–Crippen LogP) is -0.735. The maximum absolute atomic E-state index is 12.2. The third-order valence-electron chi connectivity index (χ3n) is 2.83. The van der Waals surface area contributed by atoms with E-state index in [4.69, 9.17) is 6.42 Å². The molecule has 0 atom stereocenters. The molecule has 90 valence electrons. The molecule has 0 radical (unpaired) electrons. The second-order valence-corrected chi connectivity index (χ2v) is 3.93. The van der Waals surface area contributed by atoms with Crippen LogP contribution >= 0.6 is 0 Å². The molecule has 0 bridgehead atoms. The molecule has 2 heterocycles. The summed E-state index contributed by atoms with van der Waals surface area (Å²) in [6.45, 7) is 5.22. The molecule has 6 heteroatoms. The van der Waals surface area contributed by atoms with Gasteiger partial charge in [0.25, 0.3) is 5.91 Å². The Morgan fingerprint density at radius 2 is 2.24 bits per heavy atom. The molecule has 0 unspecified atom stereocenters. The number of piperazine rings is 1. The van der Waals surface area contributed by atoms with Crippen molar-refractivity contribution in [2.24, 2.45) is 0 Å². The van der Waals surface area contributed by atoms with Crippen LogP contribution in [0.2, 0.25) is 0 Å². The fourth-order valence-electron chi connectivity index (χ4n) is 1.81. The lowest BCUT2D eigenvalue weighted by Crippen LogP contribution is -2.46. The monoisotopic (exact) mass is 233 g/mol. The fourth-order valence-corrected chi connectivity index (χ4v) is 1.81.